The van der Waals surface area contributed by atoms with Crippen molar-refractivity contribution in [2.24, 2.45) is 23.2 Å². The zero-order chi connectivity index (χ0) is 16.6. The molecule has 0 aliphatic heterocycles. The third-order valence-electron chi connectivity index (χ3n) is 6.16. The highest BCUT2D eigenvalue weighted by atomic mass is 35.5. The van der Waals surface area contributed by atoms with E-state index >= 15 is 0 Å². The Kier molecular flexibility index (Phi) is 4.59. The Hall–Kier alpha value is -1.22. The molecule has 0 aromatic heterocycles. The molecule has 4 unspecified atom stereocenters. The Bertz CT molecular complexity index is 564. The number of benzene rings is 1. The third-order valence-corrected chi connectivity index (χ3v) is 6.41. The first-order chi connectivity index (χ1) is 10.9. The molecule has 0 heterocycles. The zero-order valence-electron chi connectivity index (χ0n) is 13.8. The van der Waals surface area contributed by atoms with Crippen LogP contribution in [0.1, 0.15) is 46.0 Å². The number of carbonyl (C=O) groups excluding carboxylic acids is 1. The standard InChI is InChI=1S/C19H25ClO3/c1-19(2)13-5-3-12(16(19)11-13)4-10-17(18(21)22)23-15-8-6-14(20)7-9-15/h6-9,12-13,16-17H,3-5,10-11H2,1-2H3,(H,21,22)/p-1. The molecule has 126 valence electrons. The number of aliphatic carboxylic acids is 1. The lowest BCUT2D eigenvalue weighted by molar-refractivity contribution is -0.314. The van der Waals surface area contributed by atoms with Gasteiger partial charge in [0.25, 0.3) is 0 Å². The van der Waals surface area contributed by atoms with Crippen molar-refractivity contribution in [1.29, 1.82) is 0 Å². The van der Waals surface area contributed by atoms with E-state index in [-0.39, 0.29) is 0 Å². The first-order valence-electron chi connectivity index (χ1n) is 8.51. The molecule has 1 aromatic rings. The molecule has 3 aliphatic rings. The van der Waals surface area contributed by atoms with Crippen LogP contribution in [0.2, 0.25) is 5.02 Å². The average molecular weight is 336 g/mol. The summed E-state index contributed by atoms with van der Waals surface area (Å²) in [7, 11) is 0. The number of carboxylic acids is 1. The predicted octanol–water partition coefficient (Wildman–Crippen LogP) is 3.69. The van der Waals surface area contributed by atoms with Gasteiger partial charge in [0.1, 0.15) is 11.9 Å². The molecular weight excluding hydrogens is 312 g/mol. The van der Waals surface area contributed by atoms with Gasteiger partial charge in [-0.2, -0.15) is 0 Å². The second kappa shape index (κ2) is 6.35. The summed E-state index contributed by atoms with van der Waals surface area (Å²) in [6, 6.07) is 6.78. The van der Waals surface area contributed by atoms with Gasteiger partial charge in [-0.3, -0.25) is 0 Å². The lowest BCUT2D eigenvalue weighted by atomic mass is 9.45. The first kappa shape index (κ1) is 16.6. The summed E-state index contributed by atoms with van der Waals surface area (Å²) >= 11 is 5.84. The lowest BCUT2D eigenvalue weighted by Crippen LogP contribution is -2.52. The quantitative estimate of drug-likeness (QED) is 0.796. The summed E-state index contributed by atoms with van der Waals surface area (Å²) in [5.41, 5.74) is 0.428. The second-order valence-corrected chi connectivity index (χ2v) is 8.09. The number of ether oxygens (including phenoxy) is 1. The minimum absolute atomic E-state index is 0.428. The monoisotopic (exact) mass is 335 g/mol. The highest BCUT2D eigenvalue weighted by molar-refractivity contribution is 6.30. The maximum absolute atomic E-state index is 11.4. The predicted molar refractivity (Wildman–Crippen MR) is 88.2 cm³/mol. The second-order valence-electron chi connectivity index (χ2n) is 7.65. The van der Waals surface area contributed by atoms with Crippen molar-refractivity contribution < 1.29 is 14.6 Å². The van der Waals surface area contributed by atoms with Crippen molar-refractivity contribution in [2.75, 3.05) is 0 Å². The van der Waals surface area contributed by atoms with Gasteiger partial charge in [0.15, 0.2) is 0 Å². The van der Waals surface area contributed by atoms with Crippen LogP contribution >= 0.6 is 11.6 Å². The molecule has 0 spiro atoms. The van der Waals surface area contributed by atoms with Gasteiger partial charge < -0.3 is 14.6 Å². The van der Waals surface area contributed by atoms with Crippen molar-refractivity contribution in [3.8, 4) is 5.75 Å². The molecule has 2 bridgehead atoms. The molecule has 1 aromatic carbocycles. The summed E-state index contributed by atoms with van der Waals surface area (Å²) < 4.78 is 5.60. The van der Waals surface area contributed by atoms with Gasteiger partial charge in [0.2, 0.25) is 0 Å². The van der Waals surface area contributed by atoms with E-state index in [0.717, 1.165) is 18.3 Å². The van der Waals surface area contributed by atoms with Crippen LogP contribution in [0.3, 0.4) is 0 Å². The Balaban J connectivity index is 1.57. The van der Waals surface area contributed by atoms with Crippen LogP contribution in [0, 0.1) is 23.2 Å². The highest BCUT2D eigenvalue weighted by Crippen LogP contribution is 2.62. The normalized spacial score (nSPS) is 29.4. The Morgan fingerprint density at radius 1 is 1.35 bits per heavy atom. The van der Waals surface area contributed by atoms with Crippen LogP contribution in [-0.2, 0) is 4.79 Å². The summed E-state index contributed by atoms with van der Waals surface area (Å²) in [5, 5.41) is 12.0. The Morgan fingerprint density at radius 2 is 2.04 bits per heavy atom. The molecule has 3 fully saturated rings. The van der Waals surface area contributed by atoms with E-state index in [2.05, 4.69) is 13.8 Å². The van der Waals surface area contributed by atoms with Crippen LogP contribution in [-0.4, -0.2) is 12.1 Å². The fourth-order valence-electron chi connectivity index (χ4n) is 4.58. The highest BCUT2D eigenvalue weighted by Gasteiger charge is 2.53. The van der Waals surface area contributed by atoms with Crippen molar-refractivity contribution in [1.82, 2.24) is 0 Å². The van der Waals surface area contributed by atoms with E-state index in [1.165, 1.54) is 19.3 Å². The van der Waals surface area contributed by atoms with E-state index in [1.807, 2.05) is 0 Å². The Morgan fingerprint density at radius 3 is 2.61 bits per heavy atom. The molecular formula is C19H24ClO3-. The number of halogens is 1. The minimum Gasteiger partial charge on any atom is -0.546 e. The van der Waals surface area contributed by atoms with Crippen molar-refractivity contribution in [3.63, 3.8) is 0 Å². The van der Waals surface area contributed by atoms with Crippen LogP contribution in [0.15, 0.2) is 24.3 Å². The largest absolute Gasteiger partial charge is 0.546 e. The van der Waals surface area contributed by atoms with E-state index in [0.29, 0.717) is 28.5 Å². The molecule has 0 amide bonds. The number of rotatable bonds is 6. The molecule has 0 saturated heterocycles. The van der Waals surface area contributed by atoms with E-state index < -0.39 is 12.1 Å². The van der Waals surface area contributed by atoms with Gasteiger partial charge in [-0.1, -0.05) is 25.4 Å². The molecule has 0 radical (unpaired) electrons. The van der Waals surface area contributed by atoms with E-state index in [9.17, 15) is 9.90 Å². The fourth-order valence-corrected chi connectivity index (χ4v) is 4.70. The van der Waals surface area contributed by atoms with E-state index in [1.54, 1.807) is 24.3 Å². The zero-order valence-corrected chi connectivity index (χ0v) is 14.5. The third kappa shape index (κ3) is 3.35. The fraction of sp³-hybridized carbons (Fsp3) is 0.632. The Labute approximate surface area is 143 Å². The van der Waals surface area contributed by atoms with Crippen LogP contribution in [0.5, 0.6) is 5.75 Å². The molecule has 4 atom stereocenters. The summed E-state index contributed by atoms with van der Waals surface area (Å²) in [6.07, 6.45) is 4.32. The molecule has 3 nitrogen and oxygen atoms in total. The smallest absolute Gasteiger partial charge is 0.138 e. The summed E-state index contributed by atoms with van der Waals surface area (Å²) in [5.74, 6) is 1.61. The van der Waals surface area contributed by atoms with Gasteiger partial charge in [0, 0.05) is 5.02 Å². The van der Waals surface area contributed by atoms with Crippen molar-refractivity contribution in [2.45, 2.75) is 52.1 Å². The van der Waals surface area contributed by atoms with Crippen molar-refractivity contribution >= 4 is 17.6 Å². The van der Waals surface area contributed by atoms with Gasteiger partial charge in [-0.05, 0) is 79.5 Å². The molecule has 0 N–H and O–H groups in total. The molecule has 3 saturated carbocycles. The minimum atomic E-state index is -1.14. The number of carbonyl (C=O) groups is 1. The van der Waals surface area contributed by atoms with Gasteiger partial charge >= 0.3 is 0 Å². The topological polar surface area (TPSA) is 49.4 Å². The number of hydrogen-bond donors (Lipinski definition) is 0. The molecule has 4 rings (SSSR count). The van der Waals surface area contributed by atoms with Gasteiger partial charge in [-0.25, -0.2) is 0 Å². The molecule has 4 heteroatoms. The number of fused-ring (bicyclic) bond motifs is 2. The van der Waals surface area contributed by atoms with E-state index in [4.69, 9.17) is 16.3 Å². The molecule has 23 heavy (non-hydrogen) atoms. The number of carboxylic acid groups (broad SMARTS) is 1. The molecule has 3 aliphatic carbocycles. The summed E-state index contributed by atoms with van der Waals surface area (Å²) in [4.78, 5) is 11.4. The maximum Gasteiger partial charge on any atom is 0.138 e. The summed E-state index contributed by atoms with van der Waals surface area (Å²) in [6.45, 7) is 4.72. The lowest BCUT2D eigenvalue weighted by Gasteiger charge is -2.60. The van der Waals surface area contributed by atoms with Crippen LogP contribution < -0.4 is 9.84 Å². The van der Waals surface area contributed by atoms with Crippen LogP contribution in [0.25, 0.3) is 0 Å². The number of hydrogen-bond acceptors (Lipinski definition) is 3. The van der Waals surface area contributed by atoms with Gasteiger partial charge in [0.05, 0.1) is 5.97 Å². The van der Waals surface area contributed by atoms with Crippen LogP contribution in [0.4, 0.5) is 0 Å². The maximum atomic E-state index is 11.4. The van der Waals surface area contributed by atoms with Gasteiger partial charge in [-0.15, -0.1) is 0 Å². The SMILES string of the molecule is CC1(C)C2CCC(CCC(Oc3ccc(Cl)cc3)C(=O)[O-])C1C2. The first-order valence-corrected chi connectivity index (χ1v) is 8.89. The average Bonchev–Trinajstić information content (AvgIpc) is 2.52. The van der Waals surface area contributed by atoms with Crippen molar-refractivity contribution in [3.05, 3.63) is 29.3 Å².